The number of hydrogen-bond donors (Lipinski definition) is 1. The molecule has 142 valence electrons. The van der Waals surface area contributed by atoms with E-state index in [0.717, 1.165) is 7.11 Å². The molecule has 26 heavy (non-hydrogen) atoms. The summed E-state index contributed by atoms with van der Waals surface area (Å²) in [6.45, 7) is 1.85. The quantitative estimate of drug-likeness (QED) is 0.658. The fourth-order valence-corrected chi connectivity index (χ4v) is 3.26. The minimum absolute atomic E-state index is 0.132. The Morgan fingerprint density at radius 3 is 2.46 bits per heavy atom. The van der Waals surface area contributed by atoms with Gasteiger partial charge < -0.3 is 10.1 Å². The van der Waals surface area contributed by atoms with Crippen molar-refractivity contribution in [2.75, 3.05) is 7.11 Å². The maximum atomic E-state index is 12.7. The van der Waals surface area contributed by atoms with Crippen molar-refractivity contribution in [3.8, 4) is 0 Å². The summed E-state index contributed by atoms with van der Waals surface area (Å²) in [6.07, 6.45) is -1.34. The van der Waals surface area contributed by atoms with Gasteiger partial charge in [-0.25, -0.2) is 8.78 Å². The van der Waals surface area contributed by atoms with Crippen LogP contribution >= 0.6 is 34.8 Å². The molecule has 5 nitrogen and oxygen atoms in total. The summed E-state index contributed by atoms with van der Waals surface area (Å²) in [5.74, 6) is -0.710. The third-order valence-electron chi connectivity index (χ3n) is 3.68. The molecule has 0 radical (unpaired) electrons. The second-order valence-corrected chi connectivity index (χ2v) is 6.83. The number of benzene rings is 1. The van der Waals surface area contributed by atoms with Crippen LogP contribution in [0.1, 0.15) is 28.9 Å². The van der Waals surface area contributed by atoms with E-state index < -0.39 is 18.6 Å². The number of nitrogens with one attached hydrogen (secondary N) is 1. The second kappa shape index (κ2) is 8.99. The zero-order valence-corrected chi connectivity index (χ0v) is 16.1. The van der Waals surface area contributed by atoms with E-state index in [-0.39, 0.29) is 11.6 Å². The molecule has 2 unspecified atom stereocenters. The molecule has 1 heterocycles. The van der Waals surface area contributed by atoms with Crippen LogP contribution in [0.3, 0.4) is 0 Å². The predicted octanol–water partition coefficient (Wildman–Crippen LogP) is 4.61. The van der Waals surface area contributed by atoms with Crippen LogP contribution in [-0.2, 0) is 11.2 Å². The summed E-state index contributed by atoms with van der Waals surface area (Å²) in [5, 5.41) is 7.48. The van der Waals surface area contributed by atoms with Crippen molar-refractivity contribution in [3.63, 3.8) is 0 Å². The van der Waals surface area contributed by atoms with Crippen LogP contribution in [0.15, 0.2) is 24.5 Å². The molecule has 0 aliphatic carbocycles. The van der Waals surface area contributed by atoms with Crippen LogP contribution in [0.5, 0.6) is 0 Å². The number of hydrogen-bond acceptors (Lipinski definition) is 3. The van der Waals surface area contributed by atoms with Gasteiger partial charge in [0.2, 0.25) is 0 Å². The minimum Gasteiger partial charge on any atom is -0.356 e. The van der Waals surface area contributed by atoms with Crippen molar-refractivity contribution < 1.29 is 18.3 Å². The first-order valence-corrected chi connectivity index (χ1v) is 8.65. The van der Waals surface area contributed by atoms with Gasteiger partial charge in [-0.1, -0.05) is 34.8 Å². The van der Waals surface area contributed by atoms with Gasteiger partial charge in [-0.15, -0.1) is 0 Å². The van der Waals surface area contributed by atoms with Gasteiger partial charge in [-0.05, 0) is 31.0 Å². The van der Waals surface area contributed by atoms with Crippen molar-refractivity contribution >= 4 is 40.7 Å². The molecule has 1 N–H and O–H groups in total. The van der Waals surface area contributed by atoms with E-state index in [0.29, 0.717) is 27.1 Å². The van der Waals surface area contributed by atoms with Crippen LogP contribution in [0.2, 0.25) is 15.1 Å². The molecule has 1 aromatic carbocycles. The Balaban J connectivity index is 2.10. The molecule has 0 saturated carbocycles. The standard InChI is InChI=1S/C16H16Cl3F2N3O2/c1-8(3-11-12(18)4-10(17)5-13(11)19)24-7-9(6-22-24)15(25)23-16(26-2)14(20)21/h4-8,14,16H,3H2,1-2H3,(H,23,25). The average Bonchev–Trinajstić information content (AvgIpc) is 3.05. The van der Waals surface area contributed by atoms with Crippen LogP contribution in [0.4, 0.5) is 8.78 Å². The highest BCUT2D eigenvalue weighted by Crippen LogP contribution is 2.31. The van der Waals surface area contributed by atoms with Crippen LogP contribution in [0, 0.1) is 0 Å². The van der Waals surface area contributed by atoms with E-state index in [2.05, 4.69) is 15.2 Å². The summed E-state index contributed by atoms with van der Waals surface area (Å²) >= 11 is 18.2. The molecule has 0 aliphatic rings. The molecule has 2 atom stereocenters. The molecule has 0 bridgehead atoms. The number of nitrogens with zero attached hydrogens (tertiary/aromatic N) is 2. The van der Waals surface area contributed by atoms with Crippen molar-refractivity contribution in [1.29, 1.82) is 0 Å². The highest BCUT2D eigenvalue weighted by Gasteiger charge is 2.23. The fourth-order valence-electron chi connectivity index (χ4n) is 2.29. The lowest BCUT2D eigenvalue weighted by molar-refractivity contribution is -0.0466. The Bertz CT molecular complexity index is 763. The first-order chi connectivity index (χ1) is 12.2. The van der Waals surface area contributed by atoms with E-state index in [4.69, 9.17) is 34.8 Å². The van der Waals surface area contributed by atoms with Gasteiger partial charge in [0, 0.05) is 28.4 Å². The number of methoxy groups -OCH3 is 1. The zero-order chi connectivity index (χ0) is 19.4. The lowest BCUT2D eigenvalue weighted by Gasteiger charge is -2.16. The maximum absolute atomic E-state index is 12.7. The number of aromatic nitrogens is 2. The molecular formula is C16H16Cl3F2N3O2. The van der Waals surface area contributed by atoms with E-state index in [1.54, 1.807) is 12.1 Å². The SMILES string of the molecule is COC(NC(=O)c1cnn(C(C)Cc2c(Cl)cc(Cl)cc2Cl)c1)C(F)F. The minimum atomic E-state index is -2.84. The normalized spacial score (nSPS) is 13.7. The molecule has 0 spiro atoms. The predicted molar refractivity (Wildman–Crippen MR) is 96.4 cm³/mol. The zero-order valence-electron chi connectivity index (χ0n) is 13.8. The van der Waals surface area contributed by atoms with E-state index in [1.807, 2.05) is 6.92 Å². The third-order valence-corrected chi connectivity index (χ3v) is 4.57. The molecular weight excluding hydrogens is 411 g/mol. The topological polar surface area (TPSA) is 56.1 Å². The average molecular weight is 427 g/mol. The first-order valence-electron chi connectivity index (χ1n) is 7.52. The van der Waals surface area contributed by atoms with E-state index >= 15 is 0 Å². The van der Waals surface area contributed by atoms with Crippen LogP contribution in [-0.4, -0.2) is 35.5 Å². The number of halogens is 5. The molecule has 10 heteroatoms. The Morgan fingerprint density at radius 2 is 1.92 bits per heavy atom. The second-order valence-electron chi connectivity index (χ2n) is 5.57. The highest BCUT2D eigenvalue weighted by molar-refractivity contribution is 6.39. The lowest BCUT2D eigenvalue weighted by atomic mass is 10.1. The van der Waals surface area contributed by atoms with Crippen LogP contribution in [0.25, 0.3) is 0 Å². The summed E-state index contributed by atoms with van der Waals surface area (Å²) in [5.41, 5.74) is 0.830. The summed E-state index contributed by atoms with van der Waals surface area (Å²) in [4.78, 5) is 12.0. The molecule has 0 fully saturated rings. The van der Waals surface area contributed by atoms with Gasteiger partial charge in [0.15, 0.2) is 6.23 Å². The van der Waals surface area contributed by atoms with Gasteiger partial charge in [-0.2, -0.15) is 5.10 Å². The largest absolute Gasteiger partial charge is 0.356 e. The highest BCUT2D eigenvalue weighted by atomic mass is 35.5. The van der Waals surface area contributed by atoms with Gasteiger partial charge in [0.1, 0.15) is 0 Å². The lowest BCUT2D eigenvalue weighted by Crippen LogP contribution is -2.41. The van der Waals surface area contributed by atoms with Gasteiger partial charge in [0.25, 0.3) is 12.3 Å². The van der Waals surface area contributed by atoms with Crippen LogP contribution < -0.4 is 5.32 Å². The number of carbonyl (C=O) groups excluding carboxylic acids is 1. The molecule has 0 aliphatic heterocycles. The fraction of sp³-hybridized carbons (Fsp3) is 0.375. The molecule has 1 amide bonds. The summed E-state index contributed by atoms with van der Waals surface area (Å²) in [7, 11) is 1.09. The van der Waals surface area contributed by atoms with E-state index in [1.165, 1.54) is 17.1 Å². The van der Waals surface area contributed by atoms with Crippen molar-refractivity contribution in [3.05, 3.63) is 50.7 Å². The number of ether oxygens (including phenoxy) is 1. The monoisotopic (exact) mass is 425 g/mol. The van der Waals surface area contributed by atoms with Gasteiger partial charge in [0.05, 0.1) is 17.8 Å². The number of carbonyl (C=O) groups is 1. The first kappa shape index (κ1) is 20.9. The molecule has 2 aromatic rings. The molecule has 2 rings (SSSR count). The Kier molecular flexibility index (Phi) is 7.23. The Hall–Kier alpha value is -1.41. The Morgan fingerprint density at radius 1 is 1.31 bits per heavy atom. The summed E-state index contributed by atoms with van der Waals surface area (Å²) < 4.78 is 31.4. The Labute approximate surface area is 164 Å². The van der Waals surface area contributed by atoms with E-state index in [9.17, 15) is 13.6 Å². The van der Waals surface area contributed by atoms with Crippen molar-refractivity contribution in [1.82, 2.24) is 15.1 Å². The van der Waals surface area contributed by atoms with Gasteiger partial charge >= 0.3 is 0 Å². The number of alkyl halides is 2. The number of rotatable bonds is 7. The molecule has 0 saturated heterocycles. The van der Waals surface area contributed by atoms with Crippen molar-refractivity contribution in [2.24, 2.45) is 0 Å². The van der Waals surface area contributed by atoms with Gasteiger partial charge in [-0.3, -0.25) is 9.48 Å². The van der Waals surface area contributed by atoms with Crippen molar-refractivity contribution in [2.45, 2.75) is 32.0 Å². The number of amides is 1. The maximum Gasteiger partial charge on any atom is 0.282 e. The molecule has 1 aromatic heterocycles. The summed E-state index contributed by atoms with van der Waals surface area (Å²) in [6, 6.07) is 2.99. The smallest absolute Gasteiger partial charge is 0.282 e. The third kappa shape index (κ3) is 5.07.